The molecule has 2 aromatic heterocycles. The molecule has 5 N–H and O–H groups in total. The summed E-state index contributed by atoms with van der Waals surface area (Å²) >= 11 is 0. The Kier molecular flexibility index (Phi) is 10.8. The minimum absolute atomic E-state index is 0. The summed E-state index contributed by atoms with van der Waals surface area (Å²) in [6.45, 7) is 0.963. The van der Waals surface area contributed by atoms with E-state index in [0.29, 0.717) is 48.5 Å². The predicted octanol–water partition coefficient (Wildman–Crippen LogP) is 4.32. The maximum absolute atomic E-state index is 12.5. The number of benzene rings is 1. The molecule has 10 nitrogen and oxygen atoms in total. The van der Waals surface area contributed by atoms with Gasteiger partial charge in [-0.25, -0.2) is 4.98 Å². The van der Waals surface area contributed by atoms with Crippen molar-refractivity contribution < 1.29 is 9.53 Å². The Hall–Kier alpha value is -2.82. The number of imidazole rings is 1. The largest absolute Gasteiger partial charge is 0.497 e. The van der Waals surface area contributed by atoms with Gasteiger partial charge in [0.15, 0.2) is 17.0 Å². The molecular weight excluding hydrogens is 527 g/mol. The number of hydrogen-bond donors (Lipinski definition) is 4. The van der Waals surface area contributed by atoms with Crippen LogP contribution in [0, 0.1) is 0 Å². The van der Waals surface area contributed by atoms with Gasteiger partial charge in [0, 0.05) is 36.8 Å². The third-order valence-corrected chi connectivity index (χ3v) is 7.30. The van der Waals surface area contributed by atoms with E-state index in [4.69, 9.17) is 20.4 Å². The van der Waals surface area contributed by atoms with Gasteiger partial charge < -0.3 is 31.0 Å². The number of hydrogen-bond acceptors (Lipinski definition) is 8. The molecule has 208 valence electrons. The van der Waals surface area contributed by atoms with E-state index >= 15 is 0 Å². The number of methoxy groups -OCH3 is 1. The standard InChI is InChI=1S/C26H36N8O2.2ClH/c1-36-21-12-6-17(7-13-21)25(35)29-15-14-28-23-22-24(34(16-30-22)20-4-2-3-5-20)33-26(32-23)31-19-10-8-18(27)9-11-19;;/h6-7,12-13,16,18-20H,2-5,8-11,14-15,27H2,1H3,(H,29,35)(H2,28,31,32,33);2*1H/t18-,19-;;. The van der Waals surface area contributed by atoms with Gasteiger partial charge in [-0.15, -0.1) is 24.8 Å². The maximum Gasteiger partial charge on any atom is 0.251 e. The maximum atomic E-state index is 12.5. The number of carbonyl (C=O) groups is 1. The lowest BCUT2D eigenvalue weighted by Crippen LogP contribution is -2.33. The molecule has 2 aliphatic carbocycles. The van der Waals surface area contributed by atoms with Crippen molar-refractivity contribution in [1.82, 2.24) is 24.8 Å². The van der Waals surface area contributed by atoms with Crippen LogP contribution in [-0.4, -0.2) is 57.7 Å². The van der Waals surface area contributed by atoms with Crippen molar-refractivity contribution in [3.05, 3.63) is 36.2 Å². The van der Waals surface area contributed by atoms with Crippen molar-refractivity contribution in [3.8, 4) is 5.75 Å². The summed E-state index contributed by atoms with van der Waals surface area (Å²) in [5.74, 6) is 1.90. The Morgan fingerprint density at radius 2 is 1.74 bits per heavy atom. The van der Waals surface area contributed by atoms with E-state index in [1.54, 1.807) is 31.4 Å². The van der Waals surface area contributed by atoms with Gasteiger partial charge in [0.05, 0.1) is 13.4 Å². The Morgan fingerprint density at radius 1 is 1.03 bits per heavy atom. The third-order valence-electron chi connectivity index (χ3n) is 7.30. The molecule has 0 spiro atoms. The third kappa shape index (κ3) is 6.98. The molecule has 0 saturated heterocycles. The van der Waals surface area contributed by atoms with E-state index in [2.05, 4.69) is 25.5 Å². The van der Waals surface area contributed by atoms with Crippen LogP contribution in [0.1, 0.15) is 67.8 Å². The first-order valence-corrected chi connectivity index (χ1v) is 13.0. The van der Waals surface area contributed by atoms with Crippen molar-refractivity contribution in [3.63, 3.8) is 0 Å². The summed E-state index contributed by atoms with van der Waals surface area (Å²) in [4.78, 5) is 26.8. The van der Waals surface area contributed by atoms with Crippen molar-refractivity contribution in [2.45, 2.75) is 69.5 Å². The van der Waals surface area contributed by atoms with Gasteiger partial charge in [-0.05, 0) is 62.8 Å². The van der Waals surface area contributed by atoms with Crippen LogP contribution in [0.5, 0.6) is 5.75 Å². The highest BCUT2D eigenvalue weighted by Crippen LogP contribution is 2.33. The first-order chi connectivity index (χ1) is 17.6. The number of rotatable bonds is 9. The second-order valence-corrected chi connectivity index (χ2v) is 9.83. The Morgan fingerprint density at radius 3 is 2.42 bits per heavy atom. The van der Waals surface area contributed by atoms with Crippen molar-refractivity contribution in [2.75, 3.05) is 30.8 Å². The van der Waals surface area contributed by atoms with Crippen LogP contribution in [0.2, 0.25) is 0 Å². The fourth-order valence-corrected chi connectivity index (χ4v) is 5.20. The Balaban J connectivity index is 0.00000200. The molecule has 12 heteroatoms. The first-order valence-electron chi connectivity index (χ1n) is 13.0. The second kappa shape index (κ2) is 13.8. The molecule has 2 fully saturated rings. The lowest BCUT2D eigenvalue weighted by atomic mass is 9.92. The van der Waals surface area contributed by atoms with E-state index in [1.165, 1.54) is 12.8 Å². The predicted molar refractivity (Wildman–Crippen MR) is 155 cm³/mol. The number of halogens is 2. The number of fused-ring (bicyclic) bond motifs is 1. The normalized spacial score (nSPS) is 19.3. The Bertz CT molecular complexity index is 1180. The van der Waals surface area contributed by atoms with Crippen molar-refractivity contribution >= 4 is 53.7 Å². The molecule has 0 aliphatic heterocycles. The fourth-order valence-electron chi connectivity index (χ4n) is 5.20. The highest BCUT2D eigenvalue weighted by atomic mass is 35.5. The van der Waals surface area contributed by atoms with Crippen LogP contribution in [0.4, 0.5) is 11.8 Å². The molecule has 0 unspecified atom stereocenters. The van der Waals surface area contributed by atoms with Gasteiger partial charge >= 0.3 is 0 Å². The second-order valence-electron chi connectivity index (χ2n) is 9.83. The summed E-state index contributed by atoms with van der Waals surface area (Å²) in [7, 11) is 1.60. The van der Waals surface area contributed by atoms with Crippen LogP contribution >= 0.6 is 24.8 Å². The molecule has 2 aliphatic rings. The van der Waals surface area contributed by atoms with Gasteiger partial charge in [-0.3, -0.25) is 4.79 Å². The Labute approximate surface area is 235 Å². The number of amides is 1. The molecule has 0 radical (unpaired) electrons. The lowest BCUT2D eigenvalue weighted by molar-refractivity contribution is 0.0955. The first kappa shape index (κ1) is 29.7. The van der Waals surface area contributed by atoms with Gasteiger partial charge in [0.25, 0.3) is 5.91 Å². The molecule has 1 aromatic carbocycles. The SMILES string of the molecule is COc1ccc(C(=O)NCCNc2nc(N[C@H]3CC[C@H](N)CC3)nc3c2ncn3C2CCCC2)cc1.Cl.Cl. The summed E-state index contributed by atoms with van der Waals surface area (Å²) in [5.41, 5.74) is 8.30. The van der Waals surface area contributed by atoms with E-state index in [0.717, 1.165) is 55.4 Å². The van der Waals surface area contributed by atoms with Crippen LogP contribution in [0.3, 0.4) is 0 Å². The quantitative estimate of drug-likeness (QED) is 0.282. The molecule has 3 aromatic rings. The molecule has 0 atom stereocenters. The highest BCUT2D eigenvalue weighted by molar-refractivity contribution is 5.94. The monoisotopic (exact) mass is 564 g/mol. The molecule has 2 saturated carbocycles. The van der Waals surface area contributed by atoms with Crippen molar-refractivity contribution in [1.29, 1.82) is 0 Å². The number of carbonyl (C=O) groups excluding carboxylic acids is 1. The smallest absolute Gasteiger partial charge is 0.251 e. The van der Waals surface area contributed by atoms with E-state index in [1.807, 2.05) is 6.33 Å². The van der Waals surface area contributed by atoms with Gasteiger partial charge in [0.1, 0.15) is 5.75 Å². The summed E-state index contributed by atoms with van der Waals surface area (Å²) in [6, 6.07) is 8.10. The summed E-state index contributed by atoms with van der Waals surface area (Å²) < 4.78 is 7.37. The van der Waals surface area contributed by atoms with Crippen LogP contribution in [0.15, 0.2) is 30.6 Å². The molecule has 0 bridgehead atoms. The van der Waals surface area contributed by atoms with E-state index in [-0.39, 0.29) is 30.7 Å². The van der Waals surface area contributed by atoms with Crippen LogP contribution < -0.4 is 26.4 Å². The summed E-state index contributed by atoms with van der Waals surface area (Å²) in [5, 5.41) is 9.87. The zero-order valence-corrected chi connectivity index (χ0v) is 23.3. The average molecular weight is 566 g/mol. The number of nitrogens with two attached hydrogens (primary N) is 1. The minimum atomic E-state index is -0.129. The number of nitrogens with one attached hydrogen (secondary N) is 3. The average Bonchev–Trinajstić information content (AvgIpc) is 3.58. The zero-order valence-electron chi connectivity index (χ0n) is 21.7. The van der Waals surface area contributed by atoms with Gasteiger partial charge in [0.2, 0.25) is 5.95 Å². The fraction of sp³-hybridized carbons (Fsp3) is 0.538. The minimum Gasteiger partial charge on any atom is -0.497 e. The number of nitrogens with zero attached hydrogens (tertiary/aromatic N) is 4. The zero-order chi connectivity index (χ0) is 24.9. The molecule has 2 heterocycles. The van der Waals surface area contributed by atoms with E-state index < -0.39 is 0 Å². The van der Waals surface area contributed by atoms with Gasteiger partial charge in [-0.1, -0.05) is 12.8 Å². The number of aromatic nitrogens is 4. The van der Waals surface area contributed by atoms with Crippen LogP contribution in [0.25, 0.3) is 11.2 Å². The van der Waals surface area contributed by atoms with E-state index in [9.17, 15) is 4.79 Å². The van der Waals surface area contributed by atoms with Crippen LogP contribution in [-0.2, 0) is 0 Å². The van der Waals surface area contributed by atoms with Crippen molar-refractivity contribution in [2.24, 2.45) is 5.73 Å². The lowest BCUT2D eigenvalue weighted by Gasteiger charge is -2.27. The topological polar surface area (TPSA) is 132 Å². The molecule has 5 rings (SSSR count). The molecular formula is C26H38Cl2N8O2. The molecule has 38 heavy (non-hydrogen) atoms. The van der Waals surface area contributed by atoms with Gasteiger partial charge in [-0.2, -0.15) is 9.97 Å². The number of anilines is 2. The number of ether oxygens (including phenoxy) is 1. The summed E-state index contributed by atoms with van der Waals surface area (Å²) in [6.07, 6.45) is 10.7. The molecule has 1 amide bonds. The highest BCUT2D eigenvalue weighted by Gasteiger charge is 2.23.